The maximum absolute atomic E-state index is 13.1. The molecule has 0 saturated carbocycles. The molecule has 0 aliphatic carbocycles. The predicted octanol–water partition coefficient (Wildman–Crippen LogP) is 5.62. The first-order valence-corrected chi connectivity index (χ1v) is 12.5. The van der Waals surface area contributed by atoms with Crippen LogP contribution in [0.5, 0.6) is 0 Å². The summed E-state index contributed by atoms with van der Waals surface area (Å²) in [5.41, 5.74) is 3.03. The fourth-order valence-electron chi connectivity index (χ4n) is 3.18. The second-order valence-electron chi connectivity index (χ2n) is 7.74. The summed E-state index contributed by atoms with van der Waals surface area (Å²) >= 11 is 1.55. The first kappa shape index (κ1) is 26.5. The Hall–Kier alpha value is -4.10. The fourth-order valence-corrected chi connectivity index (χ4v) is 3.89. The molecule has 184 valence electrons. The Labute approximate surface area is 215 Å². The summed E-state index contributed by atoms with van der Waals surface area (Å²) in [7, 11) is 0. The van der Waals surface area contributed by atoms with Gasteiger partial charge < -0.3 is 15.4 Å². The van der Waals surface area contributed by atoms with Crippen molar-refractivity contribution in [2.24, 2.45) is 0 Å². The molecule has 0 bridgehead atoms. The molecule has 0 aliphatic rings. The Bertz CT molecular complexity index is 1250. The van der Waals surface area contributed by atoms with E-state index in [1.165, 1.54) is 6.08 Å². The van der Waals surface area contributed by atoms with Crippen LogP contribution < -0.4 is 10.6 Å². The Kier molecular flexibility index (Phi) is 10.1. The van der Waals surface area contributed by atoms with E-state index in [-0.39, 0.29) is 17.6 Å². The van der Waals surface area contributed by atoms with E-state index in [9.17, 15) is 14.4 Å². The van der Waals surface area contributed by atoms with Crippen LogP contribution in [-0.4, -0.2) is 30.1 Å². The molecule has 36 heavy (non-hydrogen) atoms. The smallest absolute Gasteiger partial charge is 0.330 e. The van der Waals surface area contributed by atoms with Gasteiger partial charge in [0.25, 0.3) is 11.8 Å². The second-order valence-corrected chi connectivity index (χ2v) is 8.83. The van der Waals surface area contributed by atoms with Crippen LogP contribution in [0.15, 0.2) is 102 Å². The summed E-state index contributed by atoms with van der Waals surface area (Å²) in [6, 6.07) is 23.8. The van der Waals surface area contributed by atoms with Gasteiger partial charge in [0.15, 0.2) is 0 Å². The summed E-state index contributed by atoms with van der Waals surface area (Å²) in [5.74, 6) is -0.546. The number of hydrogen-bond donors (Lipinski definition) is 2. The third-order valence-corrected chi connectivity index (χ3v) is 5.85. The van der Waals surface area contributed by atoms with E-state index in [0.29, 0.717) is 23.6 Å². The van der Waals surface area contributed by atoms with Crippen molar-refractivity contribution in [3.05, 3.63) is 113 Å². The van der Waals surface area contributed by atoms with E-state index in [0.717, 1.165) is 16.0 Å². The Morgan fingerprint density at radius 3 is 2.39 bits per heavy atom. The van der Waals surface area contributed by atoms with Crippen molar-refractivity contribution < 1.29 is 19.1 Å². The molecule has 3 rings (SSSR count). The van der Waals surface area contributed by atoms with Crippen molar-refractivity contribution in [3.8, 4) is 0 Å². The molecule has 0 spiro atoms. The highest BCUT2D eigenvalue weighted by Crippen LogP contribution is 2.21. The molecule has 0 unspecified atom stereocenters. The number of ether oxygens (including phenoxy) is 1. The number of aryl methyl sites for hydroxylation is 1. The molecule has 0 radical (unpaired) electrons. The number of nitrogens with one attached hydrogen (secondary N) is 2. The van der Waals surface area contributed by atoms with Crippen LogP contribution in [0.25, 0.3) is 6.08 Å². The molecule has 0 saturated heterocycles. The zero-order valence-corrected chi connectivity index (χ0v) is 21.0. The highest BCUT2D eigenvalue weighted by atomic mass is 32.2. The van der Waals surface area contributed by atoms with E-state index in [2.05, 4.69) is 10.6 Å². The van der Waals surface area contributed by atoms with E-state index < -0.39 is 5.91 Å². The van der Waals surface area contributed by atoms with Gasteiger partial charge in [0.05, 0.1) is 6.61 Å². The number of carbonyl (C=O) groups excluding carboxylic acids is 3. The molecular weight excluding hydrogens is 472 g/mol. The Morgan fingerprint density at radius 1 is 0.944 bits per heavy atom. The fraction of sp³-hybridized carbons (Fsp3) is 0.138. The first-order valence-electron chi connectivity index (χ1n) is 11.5. The van der Waals surface area contributed by atoms with Crippen LogP contribution >= 0.6 is 11.8 Å². The summed E-state index contributed by atoms with van der Waals surface area (Å²) in [4.78, 5) is 38.2. The van der Waals surface area contributed by atoms with Crippen molar-refractivity contribution in [3.63, 3.8) is 0 Å². The summed E-state index contributed by atoms with van der Waals surface area (Å²) in [6.45, 7) is 4.08. The van der Waals surface area contributed by atoms with Gasteiger partial charge >= 0.3 is 5.97 Å². The quantitative estimate of drug-likeness (QED) is 0.215. The maximum atomic E-state index is 13.1. The van der Waals surface area contributed by atoms with Gasteiger partial charge in [-0.25, -0.2) is 4.79 Å². The number of esters is 1. The van der Waals surface area contributed by atoms with E-state index in [1.54, 1.807) is 67.2 Å². The molecule has 6 nitrogen and oxygen atoms in total. The van der Waals surface area contributed by atoms with E-state index in [1.807, 2.05) is 49.4 Å². The average molecular weight is 501 g/mol. The number of carbonyl (C=O) groups is 3. The van der Waals surface area contributed by atoms with Crippen LogP contribution in [0.2, 0.25) is 0 Å². The number of thioether (sulfide) groups is 1. The average Bonchev–Trinajstić information content (AvgIpc) is 2.88. The van der Waals surface area contributed by atoms with Gasteiger partial charge in [-0.15, -0.1) is 11.8 Å². The van der Waals surface area contributed by atoms with Gasteiger partial charge in [0, 0.05) is 28.0 Å². The van der Waals surface area contributed by atoms with Gasteiger partial charge in [-0.3, -0.25) is 9.59 Å². The lowest BCUT2D eigenvalue weighted by Crippen LogP contribution is -2.30. The summed E-state index contributed by atoms with van der Waals surface area (Å²) < 4.78 is 4.85. The zero-order valence-electron chi connectivity index (χ0n) is 20.2. The van der Waals surface area contributed by atoms with Crippen molar-refractivity contribution in [1.82, 2.24) is 5.32 Å². The summed E-state index contributed by atoms with van der Waals surface area (Å²) in [6.07, 6.45) is 4.82. The molecule has 7 heteroatoms. The normalized spacial score (nSPS) is 11.2. The molecule has 3 aromatic carbocycles. The van der Waals surface area contributed by atoms with Crippen LogP contribution in [-0.2, 0) is 14.3 Å². The summed E-state index contributed by atoms with van der Waals surface area (Å²) in [5, 5.41) is 5.60. The van der Waals surface area contributed by atoms with Gasteiger partial charge in [0.2, 0.25) is 0 Å². The third-order valence-electron chi connectivity index (χ3n) is 4.88. The lowest BCUT2D eigenvalue weighted by atomic mass is 10.1. The SMILES string of the molecule is CCOC(=O)/C=C/CSc1ccc(NC(=O)/C(=C/c2cccc(C)c2)NC(=O)c2ccccc2)cc1. The Balaban J connectivity index is 1.69. The van der Waals surface area contributed by atoms with Gasteiger partial charge in [-0.2, -0.15) is 0 Å². The number of amides is 2. The maximum Gasteiger partial charge on any atom is 0.330 e. The number of rotatable bonds is 10. The minimum absolute atomic E-state index is 0.136. The van der Waals surface area contributed by atoms with Gasteiger partial charge in [-0.1, -0.05) is 54.1 Å². The first-order chi connectivity index (χ1) is 17.4. The number of anilines is 1. The molecular formula is C29H28N2O4S. The van der Waals surface area contributed by atoms with E-state index >= 15 is 0 Å². The number of benzene rings is 3. The number of hydrogen-bond acceptors (Lipinski definition) is 5. The van der Waals surface area contributed by atoms with Crippen molar-refractivity contribution in [2.75, 3.05) is 17.7 Å². The zero-order chi connectivity index (χ0) is 25.8. The Morgan fingerprint density at radius 2 is 1.69 bits per heavy atom. The lowest BCUT2D eigenvalue weighted by Gasteiger charge is -2.12. The second kappa shape index (κ2) is 13.7. The van der Waals surface area contributed by atoms with Crippen molar-refractivity contribution >= 4 is 41.3 Å². The third kappa shape index (κ3) is 8.60. The predicted molar refractivity (Wildman–Crippen MR) is 145 cm³/mol. The largest absolute Gasteiger partial charge is 0.463 e. The molecule has 3 aromatic rings. The van der Waals surface area contributed by atoms with Crippen LogP contribution in [0.4, 0.5) is 5.69 Å². The minimum atomic E-state index is -0.432. The van der Waals surface area contributed by atoms with Gasteiger partial charge in [-0.05, 0) is 61.9 Å². The van der Waals surface area contributed by atoms with Crippen LogP contribution in [0, 0.1) is 6.92 Å². The van der Waals surface area contributed by atoms with Crippen LogP contribution in [0.3, 0.4) is 0 Å². The standard InChI is InChI=1S/C29H28N2O4S/c1-3-35-27(32)13-8-18-36-25-16-14-24(15-17-25)30-29(34)26(20-22-10-7-9-21(2)19-22)31-28(33)23-11-5-4-6-12-23/h4-17,19-20H,3,18H2,1-2H3,(H,30,34)(H,31,33)/b13-8+,26-20-. The van der Waals surface area contributed by atoms with Crippen molar-refractivity contribution in [1.29, 1.82) is 0 Å². The molecule has 0 aromatic heterocycles. The van der Waals surface area contributed by atoms with Gasteiger partial charge in [0.1, 0.15) is 5.70 Å². The molecule has 2 amide bonds. The monoisotopic (exact) mass is 500 g/mol. The van der Waals surface area contributed by atoms with Crippen molar-refractivity contribution in [2.45, 2.75) is 18.7 Å². The highest BCUT2D eigenvalue weighted by molar-refractivity contribution is 7.99. The lowest BCUT2D eigenvalue weighted by molar-refractivity contribution is -0.137. The molecule has 2 N–H and O–H groups in total. The topological polar surface area (TPSA) is 84.5 Å². The highest BCUT2D eigenvalue weighted by Gasteiger charge is 2.15. The molecule has 0 heterocycles. The van der Waals surface area contributed by atoms with Crippen LogP contribution in [0.1, 0.15) is 28.4 Å². The molecule has 0 fully saturated rings. The molecule has 0 aliphatic heterocycles. The molecule has 0 atom stereocenters. The minimum Gasteiger partial charge on any atom is -0.463 e. The van der Waals surface area contributed by atoms with E-state index in [4.69, 9.17) is 4.74 Å².